The Morgan fingerprint density at radius 1 is 0.879 bits per heavy atom. The lowest BCUT2D eigenvalue weighted by Gasteiger charge is -2.32. The van der Waals surface area contributed by atoms with Gasteiger partial charge in [-0.3, -0.25) is 9.78 Å². The molecule has 0 saturated carbocycles. The van der Waals surface area contributed by atoms with Crippen LogP contribution in [0.25, 0.3) is 22.5 Å². The topological polar surface area (TPSA) is 59.0 Å². The minimum Gasteiger partial charge on any atom is -0.339 e. The number of hydrogen-bond donors (Lipinski definition) is 0. The molecule has 5 rings (SSSR count). The van der Waals surface area contributed by atoms with Crippen molar-refractivity contribution >= 4 is 5.91 Å². The van der Waals surface area contributed by atoms with Crippen molar-refractivity contribution in [1.29, 1.82) is 0 Å². The van der Waals surface area contributed by atoms with Gasteiger partial charge in [-0.1, -0.05) is 48.0 Å². The Labute approximate surface area is 194 Å². The summed E-state index contributed by atoms with van der Waals surface area (Å²) in [6.07, 6.45) is 7.28. The van der Waals surface area contributed by atoms with Gasteiger partial charge in [0.2, 0.25) is 0 Å². The zero-order chi connectivity index (χ0) is 22.6. The monoisotopic (exact) mass is 434 g/mol. The number of piperidine rings is 1. The van der Waals surface area contributed by atoms with Crippen molar-refractivity contribution in [3.05, 3.63) is 102 Å². The quantitative estimate of drug-likeness (QED) is 0.423. The molecule has 1 fully saturated rings. The zero-order valence-electron chi connectivity index (χ0n) is 18.7. The van der Waals surface area contributed by atoms with Gasteiger partial charge >= 0.3 is 0 Å². The molecular weight excluding hydrogens is 408 g/mol. The van der Waals surface area contributed by atoms with Crippen LogP contribution in [0.5, 0.6) is 0 Å². The van der Waals surface area contributed by atoms with Gasteiger partial charge in [-0.25, -0.2) is 9.97 Å². The van der Waals surface area contributed by atoms with E-state index in [0.29, 0.717) is 0 Å². The number of nitrogens with zero attached hydrogens (tertiary/aromatic N) is 4. The molecule has 1 aliphatic heterocycles. The molecule has 1 saturated heterocycles. The van der Waals surface area contributed by atoms with Gasteiger partial charge in [-0.2, -0.15) is 0 Å². The second kappa shape index (κ2) is 9.33. The highest BCUT2D eigenvalue weighted by molar-refractivity contribution is 5.94. The van der Waals surface area contributed by atoms with E-state index in [4.69, 9.17) is 4.98 Å². The van der Waals surface area contributed by atoms with Gasteiger partial charge in [0, 0.05) is 54.3 Å². The highest BCUT2D eigenvalue weighted by atomic mass is 16.2. The second-order valence-corrected chi connectivity index (χ2v) is 8.53. The molecule has 0 atom stereocenters. The molecule has 0 bridgehead atoms. The first-order valence-electron chi connectivity index (χ1n) is 11.4. The molecule has 5 heteroatoms. The lowest BCUT2D eigenvalue weighted by Crippen LogP contribution is -2.38. The van der Waals surface area contributed by atoms with Crippen molar-refractivity contribution in [1.82, 2.24) is 19.9 Å². The van der Waals surface area contributed by atoms with Crippen molar-refractivity contribution < 1.29 is 4.79 Å². The molecule has 5 nitrogen and oxygen atoms in total. The van der Waals surface area contributed by atoms with E-state index in [-0.39, 0.29) is 11.8 Å². The Balaban J connectivity index is 1.42. The lowest BCUT2D eigenvalue weighted by molar-refractivity contribution is 0.0712. The Bertz CT molecular complexity index is 1230. The number of benzene rings is 2. The van der Waals surface area contributed by atoms with Crippen LogP contribution in [0.3, 0.4) is 0 Å². The minimum atomic E-state index is 0.107. The maximum atomic E-state index is 13.0. The maximum absolute atomic E-state index is 13.0. The van der Waals surface area contributed by atoms with E-state index in [9.17, 15) is 4.79 Å². The summed E-state index contributed by atoms with van der Waals surface area (Å²) in [7, 11) is 0. The third-order valence-corrected chi connectivity index (χ3v) is 6.31. The van der Waals surface area contributed by atoms with Crippen LogP contribution in [0.1, 0.15) is 40.4 Å². The molecule has 0 unspecified atom stereocenters. The van der Waals surface area contributed by atoms with Gasteiger partial charge in [0.15, 0.2) is 5.82 Å². The number of likely N-dealkylation sites (tertiary alicyclic amines) is 1. The Morgan fingerprint density at radius 3 is 2.27 bits per heavy atom. The molecule has 2 aromatic carbocycles. The summed E-state index contributed by atoms with van der Waals surface area (Å²) in [4.78, 5) is 28.8. The molecule has 0 spiro atoms. The number of carbonyl (C=O) groups excluding carboxylic acids is 1. The summed E-state index contributed by atoms with van der Waals surface area (Å²) in [6, 6.07) is 21.9. The summed E-state index contributed by atoms with van der Waals surface area (Å²) in [5.74, 6) is 1.11. The van der Waals surface area contributed by atoms with Gasteiger partial charge in [0.05, 0.1) is 5.69 Å². The third kappa shape index (κ3) is 4.53. The van der Waals surface area contributed by atoms with E-state index in [1.165, 1.54) is 0 Å². The number of rotatable bonds is 4. The highest BCUT2D eigenvalue weighted by Crippen LogP contribution is 2.35. The second-order valence-electron chi connectivity index (χ2n) is 8.53. The summed E-state index contributed by atoms with van der Waals surface area (Å²) < 4.78 is 0. The molecule has 4 aromatic rings. The maximum Gasteiger partial charge on any atom is 0.253 e. The normalized spacial score (nSPS) is 14.3. The molecule has 33 heavy (non-hydrogen) atoms. The van der Waals surface area contributed by atoms with Crippen molar-refractivity contribution in [2.45, 2.75) is 25.7 Å². The standard InChI is InChI=1S/C28H26N4O/c1-20-7-9-24(10-8-20)28(33)32-17-13-22(14-18-32)26-25(21-11-15-29-16-12-21)19-30-27(31-26)23-5-3-2-4-6-23/h2-12,15-16,19,22H,13-14,17-18H2,1H3. The van der Waals surface area contributed by atoms with Crippen molar-refractivity contribution in [3.63, 3.8) is 0 Å². The van der Waals surface area contributed by atoms with E-state index in [1.807, 2.05) is 84.8 Å². The first-order chi connectivity index (χ1) is 16.2. The molecule has 164 valence electrons. The van der Waals surface area contributed by atoms with Gasteiger partial charge in [0.1, 0.15) is 0 Å². The van der Waals surface area contributed by atoms with Crippen molar-refractivity contribution in [2.75, 3.05) is 13.1 Å². The molecule has 0 aliphatic carbocycles. The molecule has 3 heterocycles. The molecule has 0 N–H and O–H groups in total. The van der Waals surface area contributed by atoms with E-state index < -0.39 is 0 Å². The van der Waals surface area contributed by atoms with E-state index >= 15 is 0 Å². The van der Waals surface area contributed by atoms with Gasteiger partial charge in [-0.15, -0.1) is 0 Å². The van der Waals surface area contributed by atoms with Gasteiger partial charge < -0.3 is 4.90 Å². The first kappa shape index (κ1) is 21.0. The van der Waals surface area contributed by atoms with Crippen molar-refractivity contribution in [2.24, 2.45) is 0 Å². The number of amides is 1. The van der Waals surface area contributed by atoms with Crippen LogP contribution in [0, 0.1) is 6.92 Å². The number of aromatic nitrogens is 3. The zero-order valence-corrected chi connectivity index (χ0v) is 18.7. The molecule has 1 aliphatic rings. The average molecular weight is 435 g/mol. The smallest absolute Gasteiger partial charge is 0.253 e. The number of hydrogen-bond acceptors (Lipinski definition) is 4. The minimum absolute atomic E-state index is 0.107. The van der Waals surface area contributed by atoms with Gasteiger partial charge in [-0.05, 0) is 49.6 Å². The average Bonchev–Trinajstić information content (AvgIpc) is 2.89. The van der Waals surface area contributed by atoms with Crippen molar-refractivity contribution in [3.8, 4) is 22.5 Å². The molecular formula is C28H26N4O. The number of carbonyl (C=O) groups is 1. The fourth-order valence-corrected chi connectivity index (χ4v) is 4.42. The molecule has 2 aromatic heterocycles. The SMILES string of the molecule is Cc1ccc(C(=O)N2CCC(c3nc(-c4ccccc4)ncc3-c3ccncc3)CC2)cc1. The predicted molar refractivity (Wildman–Crippen MR) is 130 cm³/mol. The molecule has 0 radical (unpaired) electrons. The summed E-state index contributed by atoms with van der Waals surface area (Å²) >= 11 is 0. The van der Waals surface area contributed by atoms with Crippen LogP contribution < -0.4 is 0 Å². The van der Waals surface area contributed by atoms with Crippen LogP contribution in [-0.4, -0.2) is 38.8 Å². The summed E-state index contributed by atoms with van der Waals surface area (Å²) in [6.45, 7) is 3.47. The van der Waals surface area contributed by atoms with E-state index in [1.54, 1.807) is 12.4 Å². The summed E-state index contributed by atoms with van der Waals surface area (Å²) in [5, 5.41) is 0. The Hall–Kier alpha value is -3.86. The van der Waals surface area contributed by atoms with Crippen LogP contribution in [0.15, 0.2) is 85.3 Å². The largest absolute Gasteiger partial charge is 0.339 e. The number of aryl methyl sites for hydroxylation is 1. The number of pyridine rings is 1. The highest BCUT2D eigenvalue weighted by Gasteiger charge is 2.27. The Kier molecular flexibility index (Phi) is 5.94. The van der Waals surface area contributed by atoms with E-state index in [0.717, 1.165) is 65.3 Å². The first-order valence-corrected chi connectivity index (χ1v) is 11.4. The van der Waals surface area contributed by atoms with Crippen LogP contribution in [0.4, 0.5) is 0 Å². The molecule has 1 amide bonds. The third-order valence-electron chi connectivity index (χ3n) is 6.31. The summed E-state index contributed by atoms with van der Waals surface area (Å²) in [5.41, 5.74) is 6.08. The van der Waals surface area contributed by atoms with Crippen LogP contribution in [-0.2, 0) is 0 Å². The predicted octanol–water partition coefficient (Wildman–Crippen LogP) is 5.53. The van der Waals surface area contributed by atoms with Crippen LogP contribution >= 0.6 is 0 Å². The lowest BCUT2D eigenvalue weighted by atomic mass is 9.88. The Morgan fingerprint density at radius 2 is 1.58 bits per heavy atom. The fourth-order valence-electron chi connectivity index (χ4n) is 4.42. The van der Waals surface area contributed by atoms with Crippen LogP contribution in [0.2, 0.25) is 0 Å². The van der Waals surface area contributed by atoms with E-state index in [2.05, 4.69) is 9.97 Å². The van der Waals surface area contributed by atoms with Gasteiger partial charge in [0.25, 0.3) is 5.91 Å². The fraction of sp³-hybridized carbons (Fsp3) is 0.214.